The normalized spacial score (nSPS) is 10.8. The summed E-state index contributed by atoms with van der Waals surface area (Å²) in [7, 11) is 1.63. The molecule has 0 aliphatic carbocycles. The molecule has 0 atom stereocenters. The number of aromatic amines is 1. The molecule has 4 aromatic rings. The van der Waals surface area contributed by atoms with Gasteiger partial charge in [0, 0.05) is 24.6 Å². The fraction of sp³-hybridized carbons (Fsp3) is 0.136. The van der Waals surface area contributed by atoms with E-state index in [2.05, 4.69) is 16.0 Å². The highest BCUT2D eigenvalue weighted by atomic mass is 16.5. The molecule has 0 amide bonds. The van der Waals surface area contributed by atoms with E-state index in [0.717, 1.165) is 22.6 Å². The second-order valence-electron chi connectivity index (χ2n) is 6.37. The molecule has 2 heterocycles. The molecule has 7 nitrogen and oxygen atoms in total. The fourth-order valence-corrected chi connectivity index (χ4v) is 3.19. The lowest BCUT2D eigenvalue weighted by Gasteiger charge is -2.06. The number of hydrogen-bond acceptors (Lipinski definition) is 5. The summed E-state index contributed by atoms with van der Waals surface area (Å²) in [4.78, 5) is 19.6. The summed E-state index contributed by atoms with van der Waals surface area (Å²) < 4.78 is 12.4. The molecule has 0 spiro atoms. The van der Waals surface area contributed by atoms with Gasteiger partial charge >= 0.3 is 0 Å². The summed E-state index contributed by atoms with van der Waals surface area (Å²) in [6.45, 7) is 0.978. The Bertz CT molecular complexity index is 1250. The first kappa shape index (κ1) is 18.5. The van der Waals surface area contributed by atoms with Crippen LogP contribution in [-0.2, 0) is 4.74 Å². The van der Waals surface area contributed by atoms with Crippen molar-refractivity contribution in [1.82, 2.24) is 14.5 Å². The minimum absolute atomic E-state index is 0.222. The number of hydrogen-bond donors (Lipinski definition) is 1. The molecule has 29 heavy (non-hydrogen) atoms. The Kier molecular flexibility index (Phi) is 5.10. The van der Waals surface area contributed by atoms with Crippen molar-refractivity contribution in [2.45, 2.75) is 0 Å². The van der Waals surface area contributed by atoms with Crippen molar-refractivity contribution in [3.8, 4) is 28.6 Å². The highest BCUT2D eigenvalue weighted by Gasteiger charge is 2.16. The van der Waals surface area contributed by atoms with E-state index in [0.29, 0.717) is 29.8 Å². The summed E-state index contributed by atoms with van der Waals surface area (Å²) in [5, 5.41) is 9.69. The number of nitrogens with zero attached hydrogens (tertiary/aromatic N) is 3. The Balaban J connectivity index is 1.81. The van der Waals surface area contributed by atoms with Gasteiger partial charge in [0.05, 0.1) is 30.0 Å². The topological polar surface area (TPSA) is 92.9 Å². The van der Waals surface area contributed by atoms with Crippen molar-refractivity contribution in [3.63, 3.8) is 0 Å². The number of nitrogens with one attached hydrogen (secondary N) is 1. The predicted molar refractivity (Wildman–Crippen MR) is 109 cm³/mol. The van der Waals surface area contributed by atoms with Crippen LogP contribution >= 0.6 is 0 Å². The maximum Gasteiger partial charge on any atom is 0.260 e. The third-order valence-electron chi connectivity index (χ3n) is 4.56. The van der Waals surface area contributed by atoms with Crippen LogP contribution < -0.4 is 10.3 Å². The number of H-pyrrole nitrogens is 1. The molecule has 0 saturated carbocycles. The molecule has 0 radical (unpaired) electrons. The minimum Gasteiger partial charge on any atom is -0.491 e. The van der Waals surface area contributed by atoms with Crippen molar-refractivity contribution < 1.29 is 9.47 Å². The number of rotatable bonds is 6. The first-order chi connectivity index (χ1) is 14.2. The van der Waals surface area contributed by atoms with Crippen LogP contribution in [0.3, 0.4) is 0 Å². The Morgan fingerprint density at radius 1 is 1.17 bits per heavy atom. The molecule has 7 heteroatoms. The number of methoxy groups -OCH3 is 1. The van der Waals surface area contributed by atoms with Gasteiger partial charge in [-0.25, -0.2) is 4.98 Å². The molecule has 2 aromatic carbocycles. The van der Waals surface area contributed by atoms with Crippen LogP contribution in [0.4, 0.5) is 0 Å². The molecular weight excluding hydrogens is 368 g/mol. The summed E-state index contributed by atoms with van der Waals surface area (Å²) >= 11 is 0. The van der Waals surface area contributed by atoms with Crippen molar-refractivity contribution in [2.24, 2.45) is 0 Å². The largest absolute Gasteiger partial charge is 0.491 e. The zero-order chi connectivity index (χ0) is 20.2. The predicted octanol–water partition coefficient (Wildman–Crippen LogP) is 3.28. The van der Waals surface area contributed by atoms with Gasteiger partial charge < -0.3 is 19.0 Å². The van der Waals surface area contributed by atoms with E-state index in [9.17, 15) is 10.1 Å². The standard InChI is InChI=1S/C22H18N4O3/c1-28-9-10-29-18-7-5-16(6-8-18)19-13-26(17-4-2-3-15(11-17)12-23)21-20(19)22(27)25-14-24-21/h2-8,11,13-14H,9-10H2,1H3,(H,24,25,27). The Hall–Kier alpha value is -3.89. The van der Waals surface area contributed by atoms with Crippen LogP contribution in [0.15, 0.2) is 65.8 Å². The second-order valence-corrected chi connectivity index (χ2v) is 6.37. The van der Waals surface area contributed by atoms with Crippen LogP contribution in [-0.4, -0.2) is 34.9 Å². The zero-order valence-corrected chi connectivity index (χ0v) is 15.8. The first-order valence-electron chi connectivity index (χ1n) is 9.02. The molecular formula is C22H18N4O3. The van der Waals surface area contributed by atoms with Crippen molar-refractivity contribution in [2.75, 3.05) is 20.3 Å². The Labute approximate surface area is 166 Å². The van der Waals surface area contributed by atoms with Crippen molar-refractivity contribution in [1.29, 1.82) is 5.26 Å². The maximum absolute atomic E-state index is 12.6. The molecule has 2 aromatic heterocycles. The molecule has 0 saturated heterocycles. The Morgan fingerprint density at radius 2 is 2.00 bits per heavy atom. The minimum atomic E-state index is -0.222. The van der Waals surface area contributed by atoms with Gasteiger partial charge in [0.25, 0.3) is 5.56 Å². The number of fused-ring (bicyclic) bond motifs is 1. The third kappa shape index (κ3) is 3.61. The van der Waals surface area contributed by atoms with Gasteiger partial charge in [-0.1, -0.05) is 18.2 Å². The molecule has 0 aliphatic heterocycles. The fourth-order valence-electron chi connectivity index (χ4n) is 3.19. The van der Waals surface area contributed by atoms with Gasteiger partial charge in [-0.2, -0.15) is 5.26 Å². The van der Waals surface area contributed by atoms with Gasteiger partial charge in [0.1, 0.15) is 12.4 Å². The van der Waals surface area contributed by atoms with E-state index >= 15 is 0 Å². The van der Waals surface area contributed by atoms with Crippen LogP contribution in [0.5, 0.6) is 5.75 Å². The van der Waals surface area contributed by atoms with Gasteiger partial charge in [-0.05, 0) is 35.9 Å². The first-order valence-corrected chi connectivity index (χ1v) is 9.02. The molecule has 4 rings (SSSR count). The highest BCUT2D eigenvalue weighted by molar-refractivity contribution is 5.94. The van der Waals surface area contributed by atoms with E-state index in [1.807, 2.05) is 41.1 Å². The summed E-state index contributed by atoms with van der Waals surface area (Å²) in [6.07, 6.45) is 3.25. The molecule has 0 fully saturated rings. The molecule has 0 aliphatic rings. The Morgan fingerprint density at radius 3 is 2.76 bits per heavy atom. The van der Waals surface area contributed by atoms with Gasteiger partial charge in [-0.15, -0.1) is 0 Å². The molecule has 144 valence electrons. The highest BCUT2D eigenvalue weighted by Crippen LogP contribution is 2.30. The van der Waals surface area contributed by atoms with Crippen molar-refractivity contribution >= 4 is 11.0 Å². The van der Waals surface area contributed by atoms with E-state index in [1.54, 1.807) is 25.3 Å². The third-order valence-corrected chi connectivity index (χ3v) is 4.56. The van der Waals surface area contributed by atoms with Crippen LogP contribution in [0.1, 0.15) is 5.56 Å². The molecule has 0 bridgehead atoms. The van der Waals surface area contributed by atoms with Crippen LogP contribution in [0.25, 0.3) is 27.8 Å². The van der Waals surface area contributed by atoms with Crippen LogP contribution in [0, 0.1) is 11.3 Å². The van der Waals surface area contributed by atoms with E-state index in [-0.39, 0.29) is 5.56 Å². The average Bonchev–Trinajstić information content (AvgIpc) is 3.15. The molecule has 0 unspecified atom stereocenters. The molecule has 1 N–H and O–H groups in total. The SMILES string of the molecule is COCCOc1ccc(-c2cn(-c3cccc(C#N)c3)c3nc[nH]c(=O)c23)cc1. The van der Waals surface area contributed by atoms with E-state index < -0.39 is 0 Å². The summed E-state index contributed by atoms with van der Waals surface area (Å²) in [5.74, 6) is 0.725. The lowest BCUT2D eigenvalue weighted by Crippen LogP contribution is -2.07. The number of benzene rings is 2. The summed E-state index contributed by atoms with van der Waals surface area (Å²) in [6, 6.07) is 16.8. The lowest BCUT2D eigenvalue weighted by molar-refractivity contribution is 0.146. The number of aromatic nitrogens is 3. The lowest BCUT2D eigenvalue weighted by atomic mass is 10.1. The van der Waals surface area contributed by atoms with Crippen molar-refractivity contribution in [3.05, 3.63) is 77.0 Å². The summed E-state index contributed by atoms with van der Waals surface area (Å²) in [5.41, 5.74) is 3.22. The van der Waals surface area contributed by atoms with Gasteiger partial charge in [-0.3, -0.25) is 4.79 Å². The van der Waals surface area contributed by atoms with Gasteiger partial charge in [0.2, 0.25) is 0 Å². The quantitative estimate of drug-likeness (QED) is 0.513. The maximum atomic E-state index is 12.6. The number of nitriles is 1. The van der Waals surface area contributed by atoms with E-state index in [1.165, 1.54) is 6.33 Å². The van der Waals surface area contributed by atoms with E-state index in [4.69, 9.17) is 9.47 Å². The van der Waals surface area contributed by atoms with Gasteiger partial charge in [0.15, 0.2) is 5.65 Å². The number of ether oxygens (including phenoxy) is 2. The second kappa shape index (κ2) is 8.00. The monoisotopic (exact) mass is 386 g/mol. The van der Waals surface area contributed by atoms with Crippen LogP contribution in [0.2, 0.25) is 0 Å². The zero-order valence-electron chi connectivity index (χ0n) is 15.8. The smallest absolute Gasteiger partial charge is 0.260 e. The average molecular weight is 386 g/mol.